The third-order valence-corrected chi connectivity index (χ3v) is 17.0. The van der Waals surface area contributed by atoms with E-state index in [1.165, 1.54) is 49.0 Å². The molecule has 378 valence electrons. The molecule has 6 aliphatic rings. The molecule has 0 bridgehead atoms. The number of pyridine rings is 1. The molecule has 1 spiro atoms. The molecule has 71 heavy (non-hydrogen) atoms. The highest BCUT2D eigenvalue weighted by Gasteiger charge is 2.50. The summed E-state index contributed by atoms with van der Waals surface area (Å²) in [6, 6.07) is 20.2. The van der Waals surface area contributed by atoms with Gasteiger partial charge in [-0.1, -0.05) is 38.1 Å². The van der Waals surface area contributed by atoms with E-state index in [-0.39, 0.29) is 53.3 Å². The van der Waals surface area contributed by atoms with Crippen molar-refractivity contribution in [2.45, 2.75) is 139 Å². The molecule has 0 radical (unpaired) electrons. The molecular formula is C55H67FN6O8S. The predicted molar refractivity (Wildman–Crippen MR) is 274 cm³/mol. The molecule has 2 saturated heterocycles. The standard InChI is InChI=1S/C55H67FN6O8S/c1-33(2)39-9-6-7-10-40(39)46-11-8-22-61(46)37-29-55(30-37)20-23-60(24-21-55)36-12-13-41(48(25-36)70-50-28-42-43(56)14-15-44(42)58-53(50)69-31-34(3)67-5)52(63)59-71-38-26-47(62(65)66)51-49(27-38)68-32-45(57-51)35-16-18-54(4,64)19-17-35/h6-7,9-10,12-14,25-28,33-35,37,45-46,57,64H,8,11,15-24,29-32H2,1-5H3,(H,59,63)/t34-,35?,45-,46-,54?/m1/s1. The molecule has 4 fully saturated rings. The molecule has 3 aliphatic heterocycles. The van der Waals surface area contributed by atoms with E-state index >= 15 is 4.39 Å². The van der Waals surface area contributed by atoms with Gasteiger partial charge in [-0.15, -0.1) is 0 Å². The average molecular weight is 991 g/mol. The molecule has 3 atom stereocenters. The Hall–Kier alpha value is -5.42. The highest BCUT2D eigenvalue weighted by molar-refractivity contribution is 7.98. The molecule has 14 nitrogen and oxygen atoms in total. The number of benzene rings is 3. The zero-order valence-corrected chi connectivity index (χ0v) is 42.3. The SMILES string of the molecule is CO[C@H](C)COc1nc2c(cc1Oc1cc(N3CCC4(CC3)CC(N3CCC[C@@H]3c3ccccc3C(C)C)C4)ccc1C(=O)NSc1cc3c(c([N+](=O)[O-])c1)N[C@@H](C1CCC(C)(O)CC1)CO3)C(F)=CC2. The molecule has 2 saturated carbocycles. The summed E-state index contributed by atoms with van der Waals surface area (Å²) in [5.74, 6) is 0.639. The molecule has 1 aromatic heterocycles. The van der Waals surface area contributed by atoms with Crippen molar-refractivity contribution in [2.75, 3.05) is 50.2 Å². The summed E-state index contributed by atoms with van der Waals surface area (Å²) >= 11 is 0.939. The molecule has 4 aromatic rings. The Balaban J connectivity index is 0.872. The maximum atomic E-state index is 15.1. The van der Waals surface area contributed by atoms with Crippen LogP contribution in [0, 0.1) is 21.4 Å². The van der Waals surface area contributed by atoms with Crippen molar-refractivity contribution in [3.63, 3.8) is 0 Å². The second-order valence-electron chi connectivity index (χ2n) is 21.4. The van der Waals surface area contributed by atoms with Gasteiger partial charge in [-0.25, -0.2) is 9.37 Å². The number of piperidine rings is 1. The number of carbonyl (C=O) groups excluding carboxylic acids is 1. The number of rotatable bonds is 15. The van der Waals surface area contributed by atoms with E-state index in [2.05, 4.69) is 62.9 Å². The van der Waals surface area contributed by atoms with Gasteiger partial charge in [0.15, 0.2) is 17.2 Å². The fourth-order valence-electron chi connectivity index (χ4n) is 12.0. The number of likely N-dealkylation sites (tertiary alicyclic amines) is 1. The van der Waals surface area contributed by atoms with Gasteiger partial charge in [0.05, 0.1) is 33.9 Å². The largest absolute Gasteiger partial charge is 0.489 e. The van der Waals surface area contributed by atoms with Crippen LogP contribution in [0.5, 0.6) is 23.1 Å². The number of nitro benzene ring substituents is 1. The van der Waals surface area contributed by atoms with E-state index in [1.807, 2.05) is 26.0 Å². The Morgan fingerprint density at radius 2 is 1.82 bits per heavy atom. The zero-order chi connectivity index (χ0) is 49.6. The predicted octanol–water partition coefficient (Wildman–Crippen LogP) is 11.3. The van der Waals surface area contributed by atoms with Crippen LogP contribution in [0.4, 0.5) is 21.5 Å². The number of carbonyl (C=O) groups is 1. The van der Waals surface area contributed by atoms with Crippen LogP contribution in [0.3, 0.4) is 0 Å². The Labute approximate surface area is 420 Å². The number of hydrogen-bond donors (Lipinski definition) is 3. The number of nitro groups is 1. The maximum Gasteiger partial charge on any atom is 0.297 e. The van der Waals surface area contributed by atoms with Crippen molar-refractivity contribution in [1.29, 1.82) is 0 Å². The number of allylic oxidation sites excluding steroid dienone is 1. The van der Waals surface area contributed by atoms with Gasteiger partial charge in [0.1, 0.15) is 24.8 Å². The number of amides is 1. The van der Waals surface area contributed by atoms with Gasteiger partial charge in [-0.05, 0) is 155 Å². The summed E-state index contributed by atoms with van der Waals surface area (Å²) in [6.07, 6.45) is 11.4. The van der Waals surface area contributed by atoms with E-state index in [0.29, 0.717) is 76.9 Å². The zero-order valence-electron chi connectivity index (χ0n) is 41.5. The Morgan fingerprint density at radius 3 is 2.56 bits per heavy atom. The minimum atomic E-state index is -0.700. The smallest absolute Gasteiger partial charge is 0.297 e. The molecule has 3 aromatic carbocycles. The van der Waals surface area contributed by atoms with Gasteiger partial charge >= 0.3 is 0 Å². The van der Waals surface area contributed by atoms with Crippen LogP contribution in [-0.4, -0.2) is 89.6 Å². The van der Waals surface area contributed by atoms with Crippen LogP contribution in [0.1, 0.15) is 137 Å². The fraction of sp³-hybridized carbons (Fsp3) is 0.527. The summed E-state index contributed by atoms with van der Waals surface area (Å²) in [7, 11) is 1.59. The van der Waals surface area contributed by atoms with Crippen LogP contribution in [-0.2, 0) is 11.2 Å². The summed E-state index contributed by atoms with van der Waals surface area (Å²) in [4.78, 5) is 36.6. The minimum Gasteiger partial charge on any atom is -0.489 e. The number of ether oxygens (including phenoxy) is 4. The van der Waals surface area contributed by atoms with E-state index in [0.717, 1.165) is 63.0 Å². The van der Waals surface area contributed by atoms with Crippen LogP contribution < -0.4 is 29.1 Å². The highest BCUT2D eigenvalue weighted by Crippen LogP contribution is 2.55. The van der Waals surface area contributed by atoms with Crippen molar-refractivity contribution in [2.24, 2.45) is 11.3 Å². The van der Waals surface area contributed by atoms with Gasteiger partial charge in [-0.3, -0.25) is 24.5 Å². The van der Waals surface area contributed by atoms with E-state index in [1.54, 1.807) is 25.3 Å². The second-order valence-corrected chi connectivity index (χ2v) is 22.3. The van der Waals surface area contributed by atoms with E-state index in [9.17, 15) is 20.0 Å². The number of nitrogens with zero attached hydrogens (tertiary/aromatic N) is 4. The lowest BCUT2D eigenvalue weighted by molar-refractivity contribution is -0.384. The van der Waals surface area contributed by atoms with Crippen molar-refractivity contribution >= 4 is 40.7 Å². The molecule has 3 aliphatic carbocycles. The number of nitrogens with one attached hydrogen (secondary N) is 2. The summed E-state index contributed by atoms with van der Waals surface area (Å²) < 4.78 is 42.4. The monoisotopic (exact) mass is 990 g/mol. The van der Waals surface area contributed by atoms with Crippen LogP contribution >= 0.6 is 11.9 Å². The molecule has 10 rings (SSSR count). The maximum absolute atomic E-state index is 15.1. The molecule has 16 heteroatoms. The molecular weight excluding hydrogens is 924 g/mol. The Bertz CT molecular complexity index is 2670. The van der Waals surface area contributed by atoms with Crippen molar-refractivity contribution in [1.82, 2.24) is 14.6 Å². The van der Waals surface area contributed by atoms with E-state index < -0.39 is 22.3 Å². The first kappa shape index (κ1) is 49.2. The van der Waals surface area contributed by atoms with Gasteiger partial charge in [0.2, 0.25) is 0 Å². The van der Waals surface area contributed by atoms with Crippen molar-refractivity contribution in [3.8, 4) is 23.1 Å². The number of methoxy groups -OCH3 is 1. The minimum absolute atomic E-state index is 0.136. The fourth-order valence-corrected chi connectivity index (χ4v) is 12.6. The molecule has 1 amide bonds. The van der Waals surface area contributed by atoms with E-state index in [4.69, 9.17) is 18.9 Å². The van der Waals surface area contributed by atoms with Gasteiger partial charge < -0.3 is 34.3 Å². The molecule has 4 heterocycles. The first-order valence-corrected chi connectivity index (χ1v) is 26.4. The number of aliphatic hydroxyl groups is 1. The number of anilines is 2. The molecule has 3 N–H and O–H groups in total. The van der Waals surface area contributed by atoms with Crippen molar-refractivity contribution < 1.29 is 38.2 Å². The quantitative estimate of drug-likeness (QED) is 0.0587. The topological polar surface area (TPSA) is 161 Å². The lowest BCUT2D eigenvalue weighted by atomic mass is 9.59. The summed E-state index contributed by atoms with van der Waals surface area (Å²) in [6.45, 7) is 11.6. The summed E-state index contributed by atoms with van der Waals surface area (Å²) in [5, 5.41) is 26.4. The lowest BCUT2D eigenvalue weighted by Gasteiger charge is -2.56. The second kappa shape index (κ2) is 20.2. The van der Waals surface area contributed by atoms with Crippen molar-refractivity contribution in [3.05, 3.63) is 105 Å². The van der Waals surface area contributed by atoms with Gasteiger partial charge in [0.25, 0.3) is 17.5 Å². The molecule has 0 unspecified atom stereocenters. The van der Waals surface area contributed by atoms with Crippen LogP contribution in [0.15, 0.2) is 71.6 Å². The summed E-state index contributed by atoms with van der Waals surface area (Å²) in [5.41, 5.74) is 4.63. The lowest BCUT2D eigenvalue weighted by Crippen LogP contribution is -2.54. The average Bonchev–Trinajstić information content (AvgIpc) is 3.99. The number of hydrogen-bond acceptors (Lipinski definition) is 13. The van der Waals surface area contributed by atoms with Gasteiger partial charge in [0, 0.05) is 67.0 Å². The number of fused-ring (bicyclic) bond motifs is 2. The third-order valence-electron chi connectivity index (χ3n) is 16.3. The highest BCUT2D eigenvalue weighted by atomic mass is 32.2. The Morgan fingerprint density at radius 1 is 1.04 bits per heavy atom. The normalized spacial score (nSPS) is 24.3. The van der Waals surface area contributed by atoms with Crippen LogP contribution in [0.25, 0.3) is 5.83 Å². The number of halogens is 1. The Kier molecular flexibility index (Phi) is 14.0. The van der Waals surface area contributed by atoms with Gasteiger partial charge in [-0.2, -0.15) is 0 Å². The first-order valence-electron chi connectivity index (χ1n) is 25.5. The van der Waals surface area contributed by atoms with Crippen LogP contribution in [0.2, 0.25) is 0 Å². The number of aromatic nitrogens is 1. The third kappa shape index (κ3) is 10.3. The first-order chi connectivity index (χ1) is 34.2.